The van der Waals surface area contributed by atoms with Crippen LogP contribution in [0.3, 0.4) is 0 Å². The van der Waals surface area contributed by atoms with Gasteiger partial charge in [0, 0.05) is 32.9 Å². The van der Waals surface area contributed by atoms with Gasteiger partial charge < -0.3 is 15.0 Å². The number of hydrogen-bond donors (Lipinski definition) is 1. The zero-order chi connectivity index (χ0) is 17.2. The van der Waals surface area contributed by atoms with Crippen LogP contribution in [0.15, 0.2) is 24.3 Å². The number of likely N-dealkylation sites (N-methyl/N-ethyl adjacent to an activating group) is 2. The molecule has 0 bridgehead atoms. The number of nitrogens with one attached hydrogen (secondary N) is 1. The molecule has 0 unspecified atom stereocenters. The van der Waals surface area contributed by atoms with E-state index in [0.29, 0.717) is 12.6 Å². The average Bonchev–Trinajstić information content (AvgIpc) is 3.01. The van der Waals surface area contributed by atoms with Gasteiger partial charge in [-0.3, -0.25) is 9.69 Å². The van der Waals surface area contributed by atoms with Crippen LogP contribution in [-0.2, 0) is 9.53 Å². The van der Waals surface area contributed by atoms with Crippen molar-refractivity contribution in [2.24, 2.45) is 0 Å². The van der Waals surface area contributed by atoms with E-state index in [1.54, 1.807) is 7.05 Å². The van der Waals surface area contributed by atoms with Crippen LogP contribution in [0.4, 0.5) is 5.69 Å². The summed E-state index contributed by atoms with van der Waals surface area (Å²) in [4.78, 5) is 16.1. The number of rotatable bonds is 4. The van der Waals surface area contributed by atoms with Crippen LogP contribution in [0.1, 0.15) is 24.8 Å². The van der Waals surface area contributed by atoms with E-state index in [0.717, 1.165) is 39.0 Å². The Balaban J connectivity index is 1.55. The number of nitrogens with zero attached hydrogens (tertiary/aromatic N) is 2. The normalized spacial score (nSPS) is 23.4. The molecule has 1 atom stereocenters. The van der Waals surface area contributed by atoms with Crippen molar-refractivity contribution < 1.29 is 9.53 Å². The molecular formula is C19H29N3O2. The van der Waals surface area contributed by atoms with E-state index < -0.39 is 0 Å². The molecule has 5 nitrogen and oxygen atoms in total. The molecule has 3 rings (SSSR count). The van der Waals surface area contributed by atoms with Gasteiger partial charge in [-0.1, -0.05) is 17.7 Å². The van der Waals surface area contributed by atoms with Crippen LogP contribution in [0, 0.1) is 6.92 Å². The second-order valence-corrected chi connectivity index (χ2v) is 7.25. The zero-order valence-electron chi connectivity index (χ0n) is 15.0. The van der Waals surface area contributed by atoms with Crippen LogP contribution in [0.25, 0.3) is 0 Å². The highest BCUT2D eigenvalue weighted by Crippen LogP contribution is 2.38. The SMILES string of the molecule is CNC(=O)CN1CCC2(CC1)C[C@H](N(C)c1ccc(C)cc1)CO2. The summed E-state index contributed by atoms with van der Waals surface area (Å²) in [6.07, 6.45) is 3.11. The maximum absolute atomic E-state index is 11.5. The Morgan fingerprint density at radius 1 is 1.33 bits per heavy atom. The van der Waals surface area contributed by atoms with Gasteiger partial charge in [0.15, 0.2) is 0 Å². The molecule has 0 aromatic heterocycles. The summed E-state index contributed by atoms with van der Waals surface area (Å²) < 4.78 is 6.27. The third-order valence-corrected chi connectivity index (χ3v) is 5.59. The van der Waals surface area contributed by atoms with E-state index in [1.807, 2.05) is 0 Å². The lowest BCUT2D eigenvalue weighted by Gasteiger charge is -2.38. The number of ether oxygens (including phenoxy) is 1. The first kappa shape index (κ1) is 17.2. The van der Waals surface area contributed by atoms with Crippen molar-refractivity contribution in [3.05, 3.63) is 29.8 Å². The Bertz CT molecular complexity index is 564. The summed E-state index contributed by atoms with van der Waals surface area (Å²) in [6, 6.07) is 9.13. The summed E-state index contributed by atoms with van der Waals surface area (Å²) in [6.45, 7) is 5.28. The molecule has 2 aliphatic rings. The van der Waals surface area contributed by atoms with Crippen molar-refractivity contribution in [1.82, 2.24) is 10.2 Å². The maximum Gasteiger partial charge on any atom is 0.233 e. The highest BCUT2D eigenvalue weighted by molar-refractivity contribution is 5.77. The Kier molecular flexibility index (Phi) is 5.11. The first-order valence-electron chi connectivity index (χ1n) is 8.88. The molecule has 1 spiro atoms. The second-order valence-electron chi connectivity index (χ2n) is 7.25. The molecule has 2 fully saturated rings. The monoisotopic (exact) mass is 331 g/mol. The smallest absolute Gasteiger partial charge is 0.233 e. The predicted molar refractivity (Wildman–Crippen MR) is 96.4 cm³/mol. The quantitative estimate of drug-likeness (QED) is 0.914. The van der Waals surface area contributed by atoms with Crippen LogP contribution >= 0.6 is 0 Å². The first-order chi connectivity index (χ1) is 11.5. The average molecular weight is 331 g/mol. The largest absolute Gasteiger partial charge is 0.373 e. The zero-order valence-corrected chi connectivity index (χ0v) is 15.0. The summed E-state index contributed by atoms with van der Waals surface area (Å²) in [5, 5.41) is 2.70. The van der Waals surface area contributed by atoms with Gasteiger partial charge in [-0.2, -0.15) is 0 Å². The van der Waals surface area contributed by atoms with Crippen molar-refractivity contribution in [1.29, 1.82) is 0 Å². The van der Waals surface area contributed by atoms with Crippen molar-refractivity contribution in [3.63, 3.8) is 0 Å². The topological polar surface area (TPSA) is 44.8 Å². The number of anilines is 1. The lowest BCUT2D eigenvalue weighted by Crippen LogP contribution is -2.47. The molecule has 5 heteroatoms. The van der Waals surface area contributed by atoms with Gasteiger partial charge in [0.1, 0.15) is 0 Å². The van der Waals surface area contributed by atoms with Crippen LogP contribution < -0.4 is 10.2 Å². The standard InChI is InChI=1S/C19H29N3O2/c1-15-4-6-16(7-5-15)21(3)17-12-19(24-14-17)8-10-22(11-9-19)13-18(23)20-2/h4-7,17H,8-14H2,1-3H3,(H,20,23)/t17-/m0/s1. The minimum Gasteiger partial charge on any atom is -0.373 e. The lowest BCUT2D eigenvalue weighted by molar-refractivity contribution is -0.123. The Morgan fingerprint density at radius 3 is 2.62 bits per heavy atom. The van der Waals surface area contributed by atoms with Gasteiger partial charge in [-0.05, 0) is 38.3 Å². The van der Waals surface area contributed by atoms with Gasteiger partial charge in [0.25, 0.3) is 0 Å². The molecule has 1 aromatic rings. The summed E-state index contributed by atoms with van der Waals surface area (Å²) in [5.41, 5.74) is 2.54. The van der Waals surface area contributed by atoms with Crippen LogP contribution in [0.2, 0.25) is 0 Å². The van der Waals surface area contributed by atoms with E-state index in [9.17, 15) is 4.79 Å². The number of amides is 1. The Hall–Kier alpha value is -1.59. The molecule has 2 heterocycles. The summed E-state index contributed by atoms with van der Waals surface area (Å²) in [7, 11) is 3.86. The number of aryl methyl sites for hydroxylation is 1. The first-order valence-corrected chi connectivity index (χ1v) is 8.88. The molecule has 2 saturated heterocycles. The molecule has 0 aliphatic carbocycles. The molecule has 0 radical (unpaired) electrons. The molecule has 1 aromatic carbocycles. The lowest BCUT2D eigenvalue weighted by atomic mass is 9.87. The minimum absolute atomic E-state index is 0.00279. The third kappa shape index (κ3) is 3.73. The number of carbonyl (C=O) groups excluding carboxylic acids is 1. The molecule has 1 amide bonds. The molecule has 2 aliphatic heterocycles. The molecule has 132 valence electrons. The van der Waals surface area contributed by atoms with Gasteiger partial charge in [-0.25, -0.2) is 0 Å². The fourth-order valence-electron chi connectivity index (χ4n) is 3.81. The number of carbonyl (C=O) groups is 1. The fraction of sp³-hybridized carbons (Fsp3) is 0.632. The maximum atomic E-state index is 11.5. The van der Waals surface area contributed by atoms with E-state index in [4.69, 9.17) is 4.74 Å². The minimum atomic E-state index is 0.00279. The van der Waals surface area contributed by atoms with Crippen LogP contribution in [-0.4, -0.2) is 62.8 Å². The summed E-state index contributed by atoms with van der Waals surface area (Å²) in [5.74, 6) is 0.0928. The number of piperidine rings is 1. The van der Waals surface area contributed by atoms with E-state index in [1.165, 1.54) is 11.3 Å². The van der Waals surface area contributed by atoms with Gasteiger partial charge in [0.2, 0.25) is 5.91 Å². The highest BCUT2D eigenvalue weighted by atomic mass is 16.5. The van der Waals surface area contributed by atoms with Gasteiger partial charge in [-0.15, -0.1) is 0 Å². The number of hydrogen-bond acceptors (Lipinski definition) is 4. The van der Waals surface area contributed by atoms with Gasteiger partial charge >= 0.3 is 0 Å². The predicted octanol–water partition coefficient (Wildman–Crippen LogP) is 1.80. The number of likely N-dealkylation sites (tertiary alicyclic amines) is 1. The van der Waals surface area contributed by atoms with Crippen LogP contribution in [0.5, 0.6) is 0 Å². The van der Waals surface area contributed by atoms with Crippen molar-refractivity contribution in [3.8, 4) is 0 Å². The van der Waals surface area contributed by atoms with E-state index >= 15 is 0 Å². The summed E-state index contributed by atoms with van der Waals surface area (Å²) >= 11 is 0. The van der Waals surface area contributed by atoms with E-state index in [-0.39, 0.29) is 11.5 Å². The Morgan fingerprint density at radius 2 is 2.00 bits per heavy atom. The molecule has 0 saturated carbocycles. The second kappa shape index (κ2) is 7.11. The van der Waals surface area contributed by atoms with E-state index in [2.05, 4.69) is 53.4 Å². The van der Waals surface area contributed by atoms with Crippen molar-refractivity contribution in [2.75, 3.05) is 45.2 Å². The van der Waals surface area contributed by atoms with Crippen molar-refractivity contribution >= 4 is 11.6 Å². The fourth-order valence-corrected chi connectivity index (χ4v) is 3.81. The molecule has 1 N–H and O–H groups in total. The molecular weight excluding hydrogens is 302 g/mol. The Labute approximate surface area is 145 Å². The third-order valence-electron chi connectivity index (χ3n) is 5.59. The number of benzene rings is 1. The van der Waals surface area contributed by atoms with Gasteiger partial charge in [0.05, 0.1) is 24.8 Å². The highest BCUT2D eigenvalue weighted by Gasteiger charge is 2.44. The van der Waals surface area contributed by atoms with Crippen molar-refractivity contribution in [2.45, 2.75) is 37.8 Å². The molecule has 24 heavy (non-hydrogen) atoms.